The van der Waals surface area contributed by atoms with Crippen LogP contribution in [0.3, 0.4) is 0 Å². The Morgan fingerprint density at radius 3 is 2.50 bits per heavy atom. The molecular weight excluding hydrogens is 500 g/mol. The van der Waals surface area contributed by atoms with Crippen LogP contribution in [0.4, 0.5) is 0 Å². The number of benzene rings is 2. The molecule has 3 aliphatic rings. The molecule has 0 aliphatic heterocycles. The first-order valence-electron chi connectivity index (χ1n) is 13.7. The van der Waals surface area contributed by atoms with Gasteiger partial charge < -0.3 is 24.6 Å². The molecule has 2 heterocycles. The molecule has 2 aromatic heterocycles. The van der Waals surface area contributed by atoms with E-state index in [2.05, 4.69) is 34.4 Å². The van der Waals surface area contributed by atoms with Crippen LogP contribution in [0.2, 0.25) is 0 Å². The summed E-state index contributed by atoms with van der Waals surface area (Å²) in [5.74, 6) is 2.06. The lowest BCUT2D eigenvalue weighted by molar-refractivity contribution is -0.0640. The number of aliphatic hydroxyl groups is 3. The molecule has 3 N–H and O–H groups in total. The number of hydrogen-bond acceptors (Lipinski definition) is 8. The summed E-state index contributed by atoms with van der Waals surface area (Å²) in [7, 11) is 0. The summed E-state index contributed by atoms with van der Waals surface area (Å²) < 4.78 is 13.2. The van der Waals surface area contributed by atoms with E-state index in [0.29, 0.717) is 41.9 Å². The Morgan fingerprint density at radius 2 is 1.76 bits per heavy atom. The standard InChI is InChI=1S/C30H32N2O5S/c33-28(34)19-9-10-24-25(15-19)38-29(31-24)30(35)13-11-20(12-14-30)36-16-23-26(32-37-27(23)18-7-8-18)22-4-2-1-3-21(22)17-5-6-17/h1-4,9-10,15,17-18,20,28,33-35H,5-8,11-14,16H2. The topological polar surface area (TPSA) is 109 Å². The molecule has 0 amide bonds. The van der Waals surface area contributed by atoms with E-state index < -0.39 is 11.9 Å². The number of aromatic nitrogens is 2. The largest absolute Gasteiger partial charge is 0.383 e. The van der Waals surface area contributed by atoms with E-state index in [4.69, 9.17) is 9.26 Å². The SMILES string of the molecule is OC(O)c1ccc2nc(C3(O)CCC(OCc4c(-c5ccccc5C5CC5)noc4C4CC4)CC3)sc2c1. The third-order valence-electron chi connectivity index (χ3n) is 8.33. The van der Waals surface area contributed by atoms with E-state index in [1.807, 2.05) is 0 Å². The molecular formula is C30H32N2O5S. The summed E-state index contributed by atoms with van der Waals surface area (Å²) >= 11 is 1.42. The summed E-state index contributed by atoms with van der Waals surface area (Å²) in [6.07, 6.45) is 5.92. The van der Waals surface area contributed by atoms with Gasteiger partial charge in [0.1, 0.15) is 22.1 Å². The summed E-state index contributed by atoms with van der Waals surface area (Å²) in [4.78, 5) is 4.67. The molecule has 7 rings (SSSR count). The second-order valence-electron chi connectivity index (χ2n) is 11.2. The number of hydrogen-bond donors (Lipinski definition) is 3. The Hall–Kier alpha value is -2.62. The van der Waals surface area contributed by atoms with Gasteiger partial charge in [-0.15, -0.1) is 11.3 Å². The van der Waals surface area contributed by atoms with Gasteiger partial charge in [0.25, 0.3) is 0 Å². The molecule has 8 heteroatoms. The second kappa shape index (κ2) is 9.54. The van der Waals surface area contributed by atoms with Crippen molar-refractivity contribution in [3.63, 3.8) is 0 Å². The fourth-order valence-corrected chi connectivity index (χ4v) is 6.91. The zero-order valence-corrected chi connectivity index (χ0v) is 22.0. The Balaban J connectivity index is 1.06. The van der Waals surface area contributed by atoms with Crippen molar-refractivity contribution in [1.29, 1.82) is 0 Å². The Labute approximate surface area is 225 Å². The number of fused-ring (bicyclic) bond motifs is 1. The summed E-state index contributed by atoms with van der Waals surface area (Å²) in [5.41, 5.74) is 4.76. The van der Waals surface area contributed by atoms with Crippen molar-refractivity contribution >= 4 is 21.6 Å². The van der Waals surface area contributed by atoms with Crippen LogP contribution >= 0.6 is 11.3 Å². The maximum atomic E-state index is 11.5. The van der Waals surface area contributed by atoms with E-state index in [9.17, 15) is 15.3 Å². The molecule has 4 aromatic rings. The van der Waals surface area contributed by atoms with Gasteiger partial charge in [-0.25, -0.2) is 4.98 Å². The fraction of sp³-hybridized carbons (Fsp3) is 0.467. The molecule has 0 bridgehead atoms. The maximum absolute atomic E-state index is 11.5. The molecule has 3 fully saturated rings. The zero-order valence-electron chi connectivity index (χ0n) is 21.2. The molecule has 38 heavy (non-hydrogen) atoms. The van der Waals surface area contributed by atoms with Crippen molar-refractivity contribution in [2.24, 2.45) is 0 Å². The Bertz CT molecular complexity index is 1460. The summed E-state index contributed by atoms with van der Waals surface area (Å²) in [6.45, 7) is 0.472. The molecule has 7 nitrogen and oxygen atoms in total. The van der Waals surface area contributed by atoms with Crippen molar-refractivity contribution in [3.8, 4) is 11.3 Å². The monoisotopic (exact) mass is 532 g/mol. The lowest BCUT2D eigenvalue weighted by Gasteiger charge is -2.34. The number of ether oxygens (including phenoxy) is 1. The van der Waals surface area contributed by atoms with Gasteiger partial charge in [0.05, 0.1) is 22.9 Å². The van der Waals surface area contributed by atoms with E-state index in [1.54, 1.807) is 18.2 Å². The van der Waals surface area contributed by atoms with E-state index in [-0.39, 0.29) is 6.10 Å². The van der Waals surface area contributed by atoms with Gasteiger partial charge in [0, 0.05) is 22.6 Å². The lowest BCUT2D eigenvalue weighted by Crippen LogP contribution is -2.34. The van der Waals surface area contributed by atoms with Gasteiger partial charge in [-0.1, -0.05) is 35.5 Å². The lowest BCUT2D eigenvalue weighted by atomic mass is 9.83. The maximum Gasteiger partial charge on any atom is 0.178 e. The van der Waals surface area contributed by atoms with Crippen LogP contribution in [0.1, 0.15) is 97.0 Å². The molecule has 0 saturated heterocycles. The number of thiazole rings is 1. The number of aliphatic hydroxyl groups excluding tert-OH is 1. The van der Waals surface area contributed by atoms with Crippen LogP contribution in [0.25, 0.3) is 21.5 Å². The molecule has 3 aliphatic carbocycles. The van der Waals surface area contributed by atoms with E-state index >= 15 is 0 Å². The molecule has 198 valence electrons. The van der Waals surface area contributed by atoms with Crippen LogP contribution in [-0.2, 0) is 16.9 Å². The molecule has 0 spiro atoms. The minimum absolute atomic E-state index is 0.0503. The zero-order chi connectivity index (χ0) is 25.9. The minimum atomic E-state index is -1.52. The third-order valence-corrected chi connectivity index (χ3v) is 9.54. The van der Waals surface area contributed by atoms with Crippen LogP contribution < -0.4 is 0 Å². The Kier molecular flexibility index (Phi) is 6.13. The number of rotatable bonds is 8. The Morgan fingerprint density at radius 1 is 1.00 bits per heavy atom. The van der Waals surface area contributed by atoms with Crippen LogP contribution in [0, 0.1) is 0 Å². The molecule has 0 unspecified atom stereocenters. The number of nitrogens with zero attached hydrogens (tertiary/aromatic N) is 2. The van der Waals surface area contributed by atoms with Gasteiger partial charge in [-0.05, 0) is 75.0 Å². The minimum Gasteiger partial charge on any atom is -0.383 e. The normalized spacial score (nSPS) is 23.9. The molecule has 0 atom stereocenters. The first kappa shape index (κ1) is 24.4. The summed E-state index contributed by atoms with van der Waals surface area (Å²) in [6, 6.07) is 13.7. The molecule has 0 radical (unpaired) electrons. The highest BCUT2D eigenvalue weighted by Crippen LogP contribution is 2.48. The smallest absolute Gasteiger partial charge is 0.178 e. The highest BCUT2D eigenvalue weighted by molar-refractivity contribution is 7.18. The summed E-state index contributed by atoms with van der Waals surface area (Å²) in [5, 5.41) is 35.7. The van der Waals surface area contributed by atoms with Crippen molar-refractivity contribution < 1.29 is 24.6 Å². The quantitative estimate of drug-likeness (QED) is 0.238. The van der Waals surface area contributed by atoms with Gasteiger partial charge in [0.15, 0.2) is 6.29 Å². The second-order valence-corrected chi connectivity index (χ2v) is 12.2. The van der Waals surface area contributed by atoms with E-state index in [1.165, 1.54) is 35.3 Å². The van der Waals surface area contributed by atoms with Crippen LogP contribution in [0.5, 0.6) is 0 Å². The molecule has 2 aromatic carbocycles. The van der Waals surface area contributed by atoms with Gasteiger partial charge in [-0.3, -0.25) is 0 Å². The predicted molar refractivity (Wildman–Crippen MR) is 144 cm³/mol. The molecule has 3 saturated carbocycles. The van der Waals surface area contributed by atoms with Crippen molar-refractivity contribution in [2.45, 2.75) is 87.8 Å². The highest BCUT2D eigenvalue weighted by atomic mass is 32.1. The first-order chi connectivity index (χ1) is 18.5. The van der Waals surface area contributed by atoms with Crippen LogP contribution in [-0.4, -0.2) is 31.6 Å². The van der Waals surface area contributed by atoms with Gasteiger partial charge in [0.2, 0.25) is 0 Å². The van der Waals surface area contributed by atoms with Crippen molar-refractivity contribution in [1.82, 2.24) is 10.1 Å². The first-order valence-corrected chi connectivity index (χ1v) is 14.5. The fourth-order valence-electron chi connectivity index (χ4n) is 5.75. The van der Waals surface area contributed by atoms with Gasteiger partial charge >= 0.3 is 0 Å². The van der Waals surface area contributed by atoms with Crippen LogP contribution in [0.15, 0.2) is 47.0 Å². The van der Waals surface area contributed by atoms with Crippen molar-refractivity contribution in [3.05, 3.63) is 69.9 Å². The van der Waals surface area contributed by atoms with E-state index in [0.717, 1.165) is 52.9 Å². The van der Waals surface area contributed by atoms with Crippen molar-refractivity contribution in [2.75, 3.05) is 0 Å². The van der Waals surface area contributed by atoms with Gasteiger partial charge in [-0.2, -0.15) is 0 Å². The highest BCUT2D eigenvalue weighted by Gasteiger charge is 2.39. The third kappa shape index (κ3) is 4.58. The average molecular weight is 533 g/mol. The average Bonchev–Trinajstić information content (AvgIpc) is 3.87. The predicted octanol–water partition coefficient (Wildman–Crippen LogP) is 6.04.